The van der Waals surface area contributed by atoms with Gasteiger partial charge in [-0.15, -0.1) is 13.2 Å². The Labute approximate surface area is 325 Å². The molecule has 0 saturated carbocycles. The first kappa shape index (κ1) is 35.8. The molecule has 4 aliphatic carbocycles. The fourth-order valence-corrected chi connectivity index (χ4v) is 12.3. The molecule has 4 bridgehead atoms. The Hall–Kier alpha value is -4.62. The van der Waals surface area contributed by atoms with Crippen LogP contribution in [-0.2, 0) is 42.7 Å². The lowest BCUT2D eigenvalue weighted by atomic mass is 9.50. The van der Waals surface area contributed by atoms with Gasteiger partial charge in [-0.25, -0.2) is 0 Å². The van der Waals surface area contributed by atoms with Gasteiger partial charge in [0.1, 0.15) is 11.5 Å². The van der Waals surface area contributed by atoms with Crippen LogP contribution >= 0.6 is 0 Å². The molecule has 4 heterocycles. The van der Waals surface area contributed by atoms with Crippen LogP contribution < -0.4 is 9.47 Å². The number of carbonyl (C=O) groups excluding carboxylic acids is 2. The molecule has 2 fully saturated rings. The maximum Gasteiger partial charge on any atom is 0.310 e. The number of nitrogens with zero attached hydrogens (tertiary/aromatic N) is 2. The molecule has 10 rings (SSSR count). The van der Waals surface area contributed by atoms with E-state index in [0.717, 1.165) is 22.3 Å². The molecule has 12 heteroatoms. The minimum Gasteiger partial charge on any atom is -0.504 e. The number of phenolic OH excluding ortho intramolecular Hbond substituents is 2. The lowest BCUT2D eigenvalue weighted by molar-refractivity contribution is -0.172. The molecule has 4 aliphatic heterocycles. The van der Waals surface area contributed by atoms with Crippen LogP contribution in [0, 0.1) is 0 Å². The van der Waals surface area contributed by atoms with E-state index in [-0.39, 0.29) is 49.3 Å². The standard InChI is InChI=1S/C44H48N2O10/c1-3-19-45-21-17-41-35-25-9-11-27(47)37(35)55-39(41)29(13-15-43(41,51)31(45)23-25)53-33(49)7-5-6-8-34(50)54-30-14-16-44(52)32-24-26-10-12-28(48)38-36(26)42(44,40(30)56-38)18-22-46(32)20-4-2/h3-4,9-14,31-32,39-40,47-48,51-52H,1-2,5-8,15-24H2/t31-,32+,39-,40-,41-,42-,43+,44+/m0/s1. The smallest absolute Gasteiger partial charge is 0.310 e. The quantitative estimate of drug-likeness (QED) is 0.148. The number of ether oxygens (including phenoxy) is 4. The molecule has 2 aromatic rings. The zero-order chi connectivity index (χ0) is 38.8. The summed E-state index contributed by atoms with van der Waals surface area (Å²) < 4.78 is 24.8. The first-order chi connectivity index (χ1) is 27.0. The topological polar surface area (TPSA) is 158 Å². The molecule has 56 heavy (non-hydrogen) atoms. The number of carbonyl (C=O) groups is 2. The number of unbranched alkanes of at least 4 members (excludes halogenated alkanes) is 1. The lowest BCUT2D eigenvalue weighted by Gasteiger charge is -2.62. The Balaban J connectivity index is 0.803. The van der Waals surface area contributed by atoms with Crippen molar-refractivity contribution in [2.75, 3.05) is 26.2 Å². The Morgan fingerprint density at radius 3 is 1.57 bits per heavy atom. The van der Waals surface area contributed by atoms with E-state index in [2.05, 4.69) is 23.0 Å². The van der Waals surface area contributed by atoms with Crippen LogP contribution in [0.5, 0.6) is 23.0 Å². The molecule has 0 unspecified atom stereocenters. The summed E-state index contributed by atoms with van der Waals surface area (Å²) in [6.07, 6.45) is 9.42. The second-order valence-electron chi connectivity index (χ2n) is 17.0. The van der Waals surface area contributed by atoms with Crippen LogP contribution in [0.2, 0.25) is 0 Å². The van der Waals surface area contributed by atoms with Gasteiger partial charge in [0.2, 0.25) is 0 Å². The zero-order valence-corrected chi connectivity index (χ0v) is 31.4. The van der Waals surface area contributed by atoms with Gasteiger partial charge in [0.05, 0.1) is 22.0 Å². The van der Waals surface area contributed by atoms with E-state index in [4.69, 9.17) is 18.9 Å². The van der Waals surface area contributed by atoms with Gasteiger partial charge in [0, 0.05) is 75.1 Å². The van der Waals surface area contributed by atoms with Crippen LogP contribution in [0.25, 0.3) is 0 Å². The molecule has 2 spiro atoms. The Morgan fingerprint density at radius 1 is 0.732 bits per heavy atom. The number of piperidine rings is 2. The van der Waals surface area contributed by atoms with Gasteiger partial charge in [0.15, 0.2) is 35.2 Å². The molecular weight excluding hydrogens is 716 g/mol. The van der Waals surface area contributed by atoms with E-state index >= 15 is 0 Å². The summed E-state index contributed by atoms with van der Waals surface area (Å²) in [5, 5.41) is 46.7. The molecule has 8 atom stereocenters. The van der Waals surface area contributed by atoms with Crippen LogP contribution in [0.1, 0.15) is 73.6 Å². The maximum absolute atomic E-state index is 13.3. The summed E-state index contributed by atoms with van der Waals surface area (Å²) in [7, 11) is 0. The molecule has 8 aliphatic rings. The highest BCUT2D eigenvalue weighted by atomic mass is 16.6. The number of hydrogen-bond donors (Lipinski definition) is 4. The van der Waals surface area contributed by atoms with Crippen molar-refractivity contribution in [1.82, 2.24) is 9.80 Å². The molecule has 0 amide bonds. The fraction of sp³-hybridized carbons (Fsp3) is 0.500. The predicted molar refractivity (Wildman–Crippen MR) is 202 cm³/mol. The average molecular weight is 765 g/mol. The highest BCUT2D eigenvalue weighted by Gasteiger charge is 2.74. The third-order valence-electron chi connectivity index (χ3n) is 14.6. The van der Waals surface area contributed by atoms with E-state index in [1.807, 2.05) is 24.3 Å². The molecule has 0 radical (unpaired) electrons. The molecule has 12 nitrogen and oxygen atoms in total. The van der Waals surface area contributed by atoms with Gasteiger partial charge in [-0.1, -0.05) is 24.3 Å². The first-order valence-electron chi connectivity index (χ1n) is 20.0. The van der Waals surface area contributed by atoms with E-state index in [1.165, 1.54) is 0 Å². The third-order valence-corrected chi connectivity index (χ3v) is 14.6. The van der Waals surface area contributed by atoms with E-state index < -0.39 is 46.2 Å². The third kappa shape index (κ3) is 4.49. The molecular formula is C44H48N2O10. The number of phenols is 2. The van der Waals surface area contributed by atoms with E-state index in [1.54, 1.807) is 24.3 Å². The number of esters is 2. The number of rotatable bonds is 11. The Bertz CT molecular complexity index is 2000. The number of hydrogen-bond acceptors (Lipinski definition) is 12. The Kier molecular flexibility index (Phi) is 7.95. The summed E-state index contributed by atoms with van der Waals surface area (Å²) in [5.41, 5.74) is -0.448. The van der Waals surface area contributed by atoms with Gasteiger partial charge in [-0.3, -0.25) is 19.4 Å². The maximum atomic E-state index is 13.3. The van der Waals surface area contributed by atoms with Crippen molar-refractivity contribution < 1.29 is 49.0 Å². The molecule has 0 aromatic heterocycles. The van der Waals surface area contributed by atoms with Gasteiger partial charge >= 0.3 is 11.9 Å². The van der Waals surface area contributed by atoms with Crippen molar-refractivity contribution in [1.29, 1.82) is 0 Å². The molecule has 294 valence electrons. The van der Waals surface area contributed by atoms with Crippen LogP contribution in [0.15, 0.2) is 73.2 Å². The highest BCUT2D eigenvalue weighted by molar-refractivity contribution is 5.73. The normalized spacial score (nSPS) is 35.2. The fourth-order valence-electron chi connectivity index (χ4n) is 12.3. The van der Waals surface area contributed by atoms with Crippen molar-refractivity contribution in [3.8, 4) is 23.0 Å². The number of likely N-dealkylation sites (tertiary alicyclic amines) is 2. The van der Waals surface area contributed by atoms with Gasteiger partial charge < -0.3 is 39.4 Å². The number of benzene rings is 2. The van der Waals surface area contributed by atoms with Crippen molar-refractivity contribution in [2.24, 2.45) is 0 Å². The van der Waals surface area contributed by atoms with E-state index in [9.17, 15) is 30.0 Å². The average Bonchev–Trinajstić information content (AvgIpc) is 3.72. The number of aromatic hydroxyl groups is 2. The van der Waals surface area contributed by atoms with Gasteiger partial charge in [-0.05, 0) is 73.9 Å². The van der Waals surface area contributed by atoms with Gasteiger partial charge in [0.25, 0.3) is 0 Å². The van der Waals surface area contributed by atoms with Gasteiger partial charge in [-0.2, -0.15) is 0 Å². The SMILES string of the molecule is C=CCN1CC[C@]23c4c5ccc(O)c4O[C@H]2C(OC(=O)CCCCC(=O)OC2=CC[C@@]4(O)[C@H]6Cc7ccc(O)c8c7[C@@]4(CCN6CC=C)[C@H]2O8)=CC[C@@]3(O)[C@@H]1C5. The Morgan fingerprint density at radius 2 is 1.16 bits per heavy atom. The lowest BCUT2D eigenvalue weighted by Crippen LogP contribution is -2.75. The summed E-state index contributed by atoms with van der Waals surface area (Å²) in [4.78, 5) is 31.2. The predicted octanol–water partition coefficient (Wildman–Crippen LogP) is 4.11. The summed E-state index contributed by atoms with van der Waals surface area (Å²) in [6.45, 7) is 10.5. The van der Waals surface area contributed by atoms with E-state index in [0.29, 0.717) is 87.7 Å². The van der Waals surface area contributed by atoms with Crippen molar-refractivity contribution in [3.63, 3.8) is 0 Å². The van der Waals surface area contributed by atoms with Crippen molar-refractivity contribution in [3.05, 3.63) is 95.5 Å². The second kappa shape index (κ2) is 12.4. The molecule has 4 N–H and O–H groups in total. The van der Waals surface area contributed by atoms with Crippen molar-refractivity contribution in [2.45, 2.75) is 111 Å². The largest absolute Gasteiger partial charge is 0.504 e. The van der Waals surface area contributed by atoms with Crippen LogP contribution in [-0.4, -0.2) is 104 Å². The first-order valence-corrected chi connectivity index (χ1v) is 20.0. The van der Waals surface area contributed by atoms with Crippen LogP contribution in [0.3, 0.4) is 0 Å². The number of aliphatic hydroxyl groups is 2. The zero-order valence-electron chi connectivity index (χ0n) is 31.4. The summed E-state index contributed by atoms with van der Waals surface area (Å²) >= 11 is 0. The second-order valence-corrected chi connectivity index (χ2v) is 17.0. The minimum atomic E-state index is -1.19. The molecule has 2 saturated heterocycles. The highest BCUT2D eigenvalue weighted by Crippen LogP contribution is 2.67. The monoisotopic (exact) mass is 764 g/mol. The van der Waals surface area contributed by atoms with Crippen molar-refractivity contribution >= 4 is 11.9 Å². The van der Waals surface area contributed by atoms with Crippen LogP contribution in [0.4, 0.5) is 0 Å². The minimum absolute atomic E-state index is 0.00231. The summed E-state index contributed by atoms with van der Waals surface area (Å²) in [6, 6.07) is 6.69. The summed E-state index contributed by atoms with van der Waals surface area (Å²) in [5.74, 6) is 0.456. The molecule has 2 aromatic carbocycles.